The lowest BCUT2D eigenvalue weighted by atomic mass is 10.0. The first-order chi connectivity index (χ1) is 8.67. The molecule has 0 bridgehead atoms. The van der Waals surface area contributed by atoms with Crippen molar-refractivity contribution < 1.29 is 9.13 Å². The average molecular weight is 317 g/mol. The molecule has 0 aliphatic carbocycles. The number of hydrogen-bond acceptors (Lipinski definition) is 1. The van der Waals surface area contributed by atoms with Crippen molar-refractivity contribution in [2.75, 3.05) is 6.61 Å². The zero-order valence-corrected chi connectivity index (χ0v) is 12.8. The van der Waals surface area contributed by atoms with E-state index in [0.717, 1.165) is 18.6 Å². The minimum Gasteiger partial charge on any atom is -0.376 e. The van der Waals surface area contributed by atoms with Crippen molar-refractivity contribution in [3.05, 3.63) is 34.1 Å². The fourth-order valence-electron chi connectivity index (χ4n) is 1.87. The van der Waals surface area contributed by atoms with Crippen LogP contribution in [0.2, 0.25) is 0 Å². The summed E-state index contributed by atoms with van der Waals surface area (Å²) in [6.45, 7) is 5.77. The van der Waals surface area contributed by atoms with E-state index < -0.39 is 0 Å². The van der Waals surface area contributed by atoms with Gasteiger partial charge in [0.15, 0.2) is 0 Å². The summed E-state index contributed by atoms with van der Waals surface area (Å²) in [4.78, 5) is 0. The molecule has 102 valence electrons. The number of benzene rings is 1. The van der Waals surface area contributed by atoms with Gasteiger partial charge in [0.05, 0.1) is 11.1 Å². The minimum atomic E-state index is -0.229. The van der Waals surface area contributed by atoms with E-state index in [2.05, 4.69) is 29.8 Å². The molecule has 0 saturated carbocycles. The summed E-state index contributed by atoms with van der Waals surface area (Å²) < 4.78 is 19.3. The Morgan fingerprint density at radius 2 is 2.11 bits per heavy atom. The highest BCUT2D eigenvalue weighted by Gasteiger charge is 2.06. The first-order valence-electron chi connectivity index (χ1n) is 6.69. The highest BCUT2D eigenvalue weighted by molar-refractivity contribution is 9.10. The van der Waals surface area contributed by atoms with E-state index >= 15 is 0 Å². The van der Waals surface area contributed by atoms with Gasteiger partial charge >= 0.3 is 0 Å². The van der Waals surface area contributed by atoms with Crippen LogP contribution in [-0.4, -0.2) is 6.61 Å². The Balaban J connectivity index is 2.33. The van der Waals surface area contributed by atoms with Crippen LogP contribution in [0.3, 0.4) is 0 Å². The Morgan fingerprint density at radius 3 is 2.72 bits per heavy atom. The van der Waals surface area contributed by atoms with Crippen LogP contribution in [0, 0.1) is 11.7 Å². The van der Waals surface area contributed by atoms with Crippen LogP contribution in [0.15, 0.2) is 22.7 Å². The summed E-state index contributed by atoms with van der Waals surface area (Å²) in [6, 6.07) is 5.02. The van der Waals surface area contributed by atoms with Gasteiger partial charge < -0.3 is 4.74 Å². The highest BCUT2D eigenvalue weighted by atomic mass is 79.9. The Labute approximate surface area is 118 Å². The predicted octanol–water partition coefficient (Wildman–Crippen LogP) is 5.32. The van der Waals surface area contributed by atoms with Gasteiger partial charge in [-0.1, -0.05) is 39.2 Å². The number of hydrogen-bond donors (Lipinski definition) is 0. The summed E-state index contributed by atoms with van der Waals surface area (Å²) in [7, 11) is 0. The molecule has 1 atom stereocenters. The second-order valence-electron chi connectivity index (χ2n) is 4.68. The molecule has 0 aromatic heterocycles. The minimum absolute atomic E-state index is 0.229. The van der Waals surface area contributed by atoms with Gasteiger partial charge in [-0.3, -0.25) is 0 Å². The third-order valence-corrected chi connectivity index (χ3v) is 3.76. The van der Waals surface area contributed by atoms with Gasteiger partial charge in [-0.05, 0) is 46.0 Å². The van der Waals surface area contributed by atoms with Gasteiger partial charge in [-0.25, -0.2) is 4.39 Å². The number of rotatable bonds is 8. The first kappa shape index (κ1) is 15.6. The van der Waals surface area contributed by atoms with Crippen LogP contribution in [0.5, 0.6) is 0 Å². The maximum absolute atomic E-state index is 13.1. The monoisotopic (exact) mass is 316 g/mol. The fraction of sp³-hybridized carbons (Fsp3) is 0.600. The van der Waals surface area contributed by atoms with Crippen molar-refractivity contribution in [1.82, 2.24) is 0 Å². The Kier molecular flexibility index (Phi) is 7.52. The van der Waals surface area contributed by atoms with E-state index in [1.54, 1.807) is 12.1 Å². The van der Waals surface area contributed by atoms with E-state index in [4.69, 9.17) is 4.74 Å². The maximum atomic E-state index is 13.1. The van der Waals surface area contributed by atoms with Crippen molar-refractivity contribution in [3.63, 3.8) is 0 Å². The van der Waals surface area contributed by atoms with Gasteiger partial charge in [0.25, 0.3) is 0 Å². The molecule has 0 saturated heterocycles. The molecule has 18 heavy (non-hydrogen) atoms. The fourth-order valence-corrected chi connectivity index (χ4v) is 2.30. The Hall–Kier alpha value is -0.410. The summed E-state index contributed by atoms with van der Waals surface area (Å²) in [5, 5.41) is 0. The average Bonchev–Trinajstić information content (AvgIpc) is 2.37. The second kappa shape index (κ2) is 8.65. The van der Waals surface area contributed by atoms with Gasteiger partial charge in [-0.15, -0.1) is 0 Å². The Bertz CT molecular complexity index is 354. The molecule has 1 aromatic rings. The molecule has 1 unspecified atom stereocenters. The number of halogens is 2. The topological polar surface area (TPSA) is 9.23 Å². The number of ether oxygens (including phenoxy) is 1. The number of unbranched alkanes of at least 4 members (excludes halogenated alkanes) is 1. The lowest BCUT2D eigenvalue weighted by Gasteiger charge is -2.14. The molecule has 0 heterocycles. The van der Waals surface area contributed by atoms with Crippen LogP contribution in [0.1, 0.15) is 45.1 Å². The predicted molar refractivity (Wildman–Crippen MR) is 77.1 cm³/mol. The van der Waals surface area contributed by atoms with Crippen LogP contribution >= 0.6 is 15.9 Å². The lowest BCUT2D eigenvalue weighted by Crippen LogP contribution is -2.08. The van der Waals surface area contributed by atoms with Gasteiger partial charge in [0.1, 0.15) is 5.82 Å². The molecule has 0 spiro atoms. The van der Waals surface area contributed by atoms with E-state index in [0.29, 0.717) is 17.0 Å². The van der Waals surface area contributed by atoms with Gasteiger partial charge in [-0.2, -0.15) is 0 Å². The van der Waals surface area contributed by atoms with Gasteiger partial charge in [0, 0.05) is 6.61 Å². The van der Waals surface area contributed by atoms with E-state index in [1.165, 1.54) is 25.3 Å². The summed E-state index contributed by atoms with van der Waals surface area (Å²) >= 11 is 3.18. The molecule has 0 radical (unpaired) electrons. The standard InChI is InChI=1S/C15H22BrFO/c1-3-5-6-12(4-2)10-18-11-13-7-8-15(17)14(16)9-13/h7-9,12H,3-6,10-11H2,1-2H3. The molecular formula is C15H22BrFO. The van der Waals surface area contributed by atoms with Crippen LogP contribution in [-0.2, 0) is 11.3 Å². The molecule has 1 aromatic carbocycles. The van der Waals surface area contributed by atoms with Crippen molar-refractivity contribution in [3.8, 4) is 0 Å². The molecule has 3 heteroatoms. The largest absolute Gasteiger partial charge is 0.376 e. The summed E-state index contributed by atoms with van der Waals surface area (Å²) in [5.41, 5.74) is 1.01. The third-order valence-electron chi connectivity index (χ3n) is 3.15. The molecular weight excluding hydrogens is 295 g/mol. The molecule has 0 fully saturated rings. The maximum Gasteiger partial charge on any atom is 0.137 e. The zero-order chi connectivity index (χ0) is 13.4. The van der Waals surface area contributed by atoms with Crippen molar-refractivity contribution >= 4 is 15.9 Å². The zero-order valence-electron chi connectivity index (χ0n) is 11.2. The Morgan fingerprint density at radius 1 is 1.33 bits per heavy atom. The quantitative estimate of drug-likeness (QED) is 0.630. The van der Waals surface area contributed by atoms with E-state index in [9.17, 15) is 4.39 Å². The van der Waals surface area contributed by atoms with E-state index in [1.807, 2.05) is 0 Å². The normalized spacial score (nSPS) is 12.7. The SMILES string of the molecule is CCCCC(CC)COCc1ccc(F)c(Br)c1. The summed E-state index contributed by atoms with van der Waals surface area (Å²) in [6.07, 6.45) is 4.90. The lowest BCUT2D eigenvalue weighted by molar-refractivity contribution is 0.0819. The van der Waals surface area contributed by atoms with E-state index in [-0.39, 0.29) is 5.82 Å². The van der Waals surface area contributed by atoms with Crippen LogP contribution < -0.4 is 0 Å². The van der Waals surface area contributed by atoms with Crippen molar-refractivity contribution in [2.24, 2.45) is 5.92 Å². The molecule has 0 aliphatic heterocycles. The van der Waals surface area contributed by atoms with Gasteiger partial charge in [0.2, 0.25) is 0 Å². The molecule has 0 amide bonds. The smallest absolute Gasteiger partial charge is 0.137 e. The molecule has 0 aliphatic rings. The first-order valence-corrected chi connectivity index (χ1v) is 7.48. The summed E-state index contributed by atoms with van der Waals surface area (Å²) in [5.74, 6) is 0.418. The second-order valence-corrected chi connectivity index (χ2v) is 5.53. The van der Waals surface area contributed by atoms with Crippen molar-refractivity contribution in [1.29, 1.82) is 0 Å². The molecule has 1 rings (SSSR count). The highest BCUT2D eigenvalue weighted by Crippen LogP contribution is 2.18. The molecule has 1 nitrogen and oxygen atoms in total. The molecule has 0 N–H and O–H groups in total. The van der Waals surface area contributed by atoms with Crippen LogP contribution in [0.4, 0.5) is 4.39 Å². The third kappa shape index (κ3) is 5.49. The van der Waals surface area contributed by atoms with Crippen LogP contribution in [0.25, 0.3) is 0 Å². The van der Waals surface area contributed by atoms with Crippen molar-refractivity contribution in [2.45, 2.75) is 46.1 Å².